The Kier molecular flexibility index (Phi) is 2.01. The fraction of sp³-hybridized carbons (Fsp3) is 0.667. The summed E-state index contributed by atoms with van der Waals surface area (Å²) in [5.74, 6) is -0.444. The maximum atomic E-state index is 10.7. The van der Waals surface area contributed by atoms with Gasteiger partial charge in [0.25, 0.3) is 0 Å². The zero-order valence-corrected chi connectivity index (χ0v) is 5.90. The predicted molar refractivity (Wildman–Crippen MR) is 34.8 cm³/mol. The van der Waals surface area contributed by atoms with Gasteiger partial charge in [0.1, 0.15) is 0 Å². The van der Waals surface area contributed by atoms with E-state index in [-0.39, 0.29) is 6.10 Å². The molecule has 0 aromatic carbocycles. The molecule has 2 atom stereocenters. The largest absolute Gasteiger partial charge is 0.466 e. The Bertz CT molecular complexity index is 166. The third-order valence-electron chi connectivity index (χ3n) is 1.18. The van der Waals surface area contributed by atoms with E-state index >= 15 is 0 Å². The van der Waals surface area contributed by atoms with Crippen LogP contribution >= 0.6 is 0 Å². The van der Waals surface area contributed by atoms with E-state index in [1.807, 2.05) is 6.92 Å². The van der Waals surface area contributed by atoms with Crippen molar-refractivity contribution in [1.82, 2.24) is 0 Å². The van der Waals surface area contributed by atoms with Gasteiger partial charge >= 0.3 is 5.97 Å². The standard InChI is InChI=1S/C6H9NO3/c1-4-3-7-5(10-4)6(8)9-2/h3-5H,1-2H3/t4-,5-/m1/s1. The molecule has 1 aliphatic rings. The molecule has 0 aliphatic carbocycles. The molecular weight excluding hydrogens is 134 g/mol. The lowest BCUT2D eigenvalue weighted by molar-refractivity contribution is -0.153. The van der Waals surface area contributed by atoms with Gasteiger partial charge in [-0.15, -0.1) is 0 Å². The first-order valence-corrected chi connectivity index (χ1v) is 3.00. The summed E-state index contributed by atoms with van der Waals surface area (Å²) in [6, 6.07) is 0. The highest BCUT2D eigenvalue weighted by Gasteiger charge is 2.24. The van der Waals surface area contributed by atoms with Gasteiger partial charge < -0.3 is 9.47 Å². The number of nitrogens with zero attached hydrogens (tertiary/aromatic N) is 1. The van der Waals surface area contributed by atoms with Crippen LogP contribution in [0, 0.1) is 0 Å². The van der Waals surface area contributed by atoms with E-state index < -0.39 is 12.2 Å². The maximum Gasteiger partial charge on any atom is 0.358 e. The van der Waals surface area contributed by atoms with Gasteiger partial charge in [-0.1, -0.05) is 0 Å². The Morgan fingerprint density at radius 3 is 2.90 bits per heavy atom. The minimum Gasteiger partial charge on any atom is -0.466 e. The van der Waals surface area contributed by atoms with Crippen LogP contribution < -0.4 is 0 Å². The topological polar surface area (TPSA) is 47.9 Å². The fourth-order valence-electron chi connectivity index (χ4n) is 0.690. The van der Waals surface area contributed by atoms with E-state index in [0.717, 1.165) is 0 Å². The Labute approximate surface area is 58.8 Å². The quantitative estimate of drug-likeness (QED) is 0.484. The van der Waals surface area contributed by atoms with Gasteiger partial charge in [-0.05, 0) is 6.92 Å². The predicted octanol–water partition coefficient (Wildman–Crippen LogP) is -0.0250. The highest BCUT2D eigenvalue weighted by Crippen LogP contribution is 2.07. The molecule has 0 saturated carbocycles. The summed E-state index contributed by atoms with van der Waals surface area (Å²) < 4.78 is 9.42. The molecular formula is C6H9NO3. The van der Waals surface area contributed by atoms with Crippen LogP contribution in [0.2, 0.25) is 0 Å². The van der Waals surface area contributed by atoms with E-state index in [1.54, 1.807) is 6.21 Å². The first kappa shape index (κ1) is 7.21. The Balaban J connectivity index is 2.46. The molecule has 4 heteroatoms. The number of aliphatic imine (C=N–C) groups is 1. The Morgan fingerprint density at radius 2 is 2.50 bits per heavy atom. The second-order valence-electron chi connectivity index (χ2n) is 2.01. The van der Waals surface area contributed by atoms with Crippen LogP contribution in [0.3, 0.4) is 0 Å². The number of hydrogen-bond donors (Lipinski definition) is 0. The van der Waals surface area contributed by atoms with Crippen molar-refractivity contribution >= 4 is 12.2 Å². The number of carbonyl (C=O) groups excluding carboxylic acids is 1. The van der Waals surface area contributed by atoms with Crippen LogP contribution in [0.1, 0.15) is 6.92 Å². The van der Waals surface area contributed by atoms with Crippen molar-refractivity contribution in [2.24, 2.45) is 4.99 Å². The third-order valence-corrected chi connectivity index (χ3v) is 1.18. The van der Waals surface area contributed by atoms with Crippen LogP contribution in [0.4, 0.5) is 0 Å². The van der Waals surface area contributed by atoms with Crippen LogP contribution in [-0.2, 0) is 14.3 Å². The van der Waals surface area contributed by atoms with Crippen molar-refractivity contribution in [1.29, 1.82) is 0 Å². The SMILES string of the molecule is COC(=O)[C@@H]1N=C[C@@H](C)O1. The summed E-state index contributed by atoms with van der Waals surface area (Å²) in [5, 5.41) is 0. The molecule has 0 bridgehead atoms. The molecule has 0 radical (unpaired) electrons. The smallest absolute Gasteiger partial charge is 0.358 e. The van der Waals surface area contributed by atoms with Gasteiger partial charge in [0.15, 0.2) is 0 Å². The minimum absolute atomic E-state index is 0.0795. The summed E-state index contributed by atoms with van der Waals surface area (Å²) in [4.78, 5) is 14.5. The molecule has 0 saturated heterocycles. The molecule has 0 aromatic heterocycles. The summed E-state index contributed by atoms with van der Waals surface area (Å²) >= 11 is 0. The first-order valence-electron chi connectivity index (χ1n) is 3.00. The van der Waals surface area contributed by atoms with Crippen molar-refractivity contribution in [2.75, 3.05) is 7.11 Å². The number of ether oxygens (including phenoxy) is 2. The summed E-state index contributed by atoms with van der Waals surface area (Å²) in [6.07, 6.45) is 0.769. The molecule has 10 heavy (non-hydrogen) atoms. The third kappa shape index (κ3) is 1.33. The first-order chi connectivity index (χ1) is 4.74. The van der Waals surface area contributed by atoms with E-state index in [0.29, 0.717) is 0 Å². The summed E-state index contributed by atoms with van der Waals surface area (Å²) in [5.41, 5.74) is 0. The molecule has 1 heterocycles. The summed E-state index contributed by atoms with van der Waals surface area (Å²) in [7, 11) is 1.31. The van der Waals surface area contributed by atoms with Crippen LogP contribution in [-0.4, -0.2) is 31.6 Å². The van der Waals surface area contributed by atoms with E-state index in [1.165, 1.54) is 7.11 Å². The lowest BCUT2D eigenvalue weighted by atomic mass is 10.5. The number of carbonyl (C=O) groups is 1. The van der Waals surface area contributed by atoms with Crippen LogP contribution in [0.25, 0.3) is 0 Å². The molecule has 0 N–H and O–H groups in total. The molecule has 56 valence electrons. The van der Waals surface area contributed by atoms with E-state index in [9.17, 15) is 4.79 Å². The number of esters is 1. The van der Waals surface area contributed by atoms with Crippen molar-refractivity contribution in [3.63, 3.8) is 0 Å². The molecule has 4 nitrogen and oxygen atoms in total. The van der Waals surface area contributed by atoms with Crippen molar-refractivity contribution < 1.29 is 14.3 Å². The molecule has 0 aromatic rings. The van der Waals surface area contributed by atoms with Gasteiger partial charge in [0, 0.05) is 6.21 Å². The van der Waals surface area contributed by atoms with Crippen LogP contribution in [0.15, 0.2) is 4.99 Å². The van der Waals surface area contributed by atoms with Gasteiger partial charge in [-0.2, -0.15) is 0 Å². The average Bonchev–Trinajstić information content (AvgIpc) is 2.34. The normalized spacial score (nSPS) is 30.6. The van der Waals surface area contributed by atoms with Crippen LogP contribution in [0.5, 0.6) is 0 Å². The average molecular weight is 143 g/mol. The van der Waals surface area contributed by atoms with Crippen molar-refractivity contribution in [2.45, 2.75) is 19.3 Å². The Morgan fingerprint density at radius 1 is 1.80 bits per heavy atom. The molecule has 1 rings (SSSR count). The van der Waals surface area contributed by atoms with Gasteiger partial charge in [-0.3, -0.25) is 4.99 Å². The van der Waals surface area contributed by atoms with E-state index in [4.69, 9.17) is 4.74 Å². The van der Waals surface area contributed by atoms with Crippen molar-refractivity contribution in [3.05, 3.63) is 0 Å². The van der Waals surface area contributed by atoms with Crippen molar-refractivity contribution in [3.8, 4) is 0 Å². The number of methoxy groups -OCH3 is 1. The molecule has 0 unspecified atom stereocenters. The minimum atomic E-state index is -0.736. The lowest BCUT2D eigenvalue weighted by Gasteiger charge is -2.05. The molecule has 0 fully saturated rings. The highest BCUT2D eigenvalue weighted by molar-refractivity contribution is 5.79. The number of rotatable bonds is 1. The number of hydrogen-bond acceptors (Lipinski definition) is 4. The van der Waals surface area contributed by atoms with Gasteiger partial charge in [0.05, 0.1) is 13.2 Å². The van der Waals surface area contributed by atoms with Gasteiger partial charge in [-0.25, -0.2) is 4.79 Å². The van der Waals surface area contributed by atoms with Gasteiger partial charge in [0.2, 0.25) is 6.23 Å². The summed E-state index contributed by atoms with van der Waals surface area (Å²) in [6.45, 7) is 1.81. The monoisotopic (exact) mass is 143 g/mol. The molecule has 1 aliphatic heterocycles. The Hall–Kier alpha value is -0.900. The second-order valence-corrected chi connectivity index (χ2v) is 2.01. The zero-order valence-electron chi connectivity index (χ0n) is 5.90. The maximum absolute atomic E-state index is 10.7. The highest BCUT2D eigenvalue weighted by atomic mass is 16.6. The van der Waals surface area contributed by atoms with E-state index in [2.05, 4.69) is 9.73 Å². The zero-order chi connectivity index (χ0) is 7.56. The lowest BCUT2D eigenvalue weighted by Crippen LogP contribution is -2.21. The molecule has 0 amide bonds. The fourth-order valence-corrected chi connectivity index (χ4v) is 0.690. The molecule has 0 spiro atoms. The second kappa shape index (κ2) is 2.79.